The second kappa shape index (κ2) is 6.30. The Morgan fingerprint density at radius 1 is 1.23 bits per heavy atom. The first kappa shape index (κ1) is 12.8. The van der Waals surface area contributed by atoms with E-state index in [2.05, 4.69) is 5.32 Å². The van der Waals surface area contributed by atoms with Gasteiger partial charge in [0, 0.05) is 0 Å². The van der Waals surface area contributed by atoms with Crippen molar-refractivity contribution in [3.05, 3.63) is 0 Å². The molecule has 0 fully saturated rings. The van der Waals surface area contributed by atoms with Gasteiger partial charge in [-0.3, -0.25) is 0 Å². The molecule has 0 radical (unpaired) electrons. The van der Waals surface area contributed by atoms with Crippen LogP contribution in [0.1, 0.15) is 46.5 Å². The molecule has 0 aromatic carbocycles. The highest BCUT2D eigenvalue weighted by Gasteiger charge is 2.36. The van der Waals surface area contributed by atoms with E-state index in [-0.39, 0.29) is 0 Å². The smallest absolute Gasteiger partial charge is 0.256 e. The van der Waals surface area contributed by atoms with Crippen molar-refractivity contribution in [2.24, 2.45) is 0 Å². The molecule has 3 heteroatoms. The lowest BCUT2D eigenvalue weighted by molar-refractivity contribution is 0.0212. The van der Waals surface area contributed by atoms with Crippen molar-refractivity contribution in [1.82, 2.24) is 5.32 Å². The second-order valence-corrected chi connectivity index (χ2v) is 3.44. The Morgan fingerprint density at radius 3 is 2.15 bits per heavy atom. The summed E-state index contributed by atoms with van der Waals surface area (Å²) in [6.45, 7) is 6.34. The predicted molar refractivity (Wildman–Crippen MR) is 52.2 cm³/mol. The Bertz CT molecular complexity index is 128. The maximum absolute atomic E-state index is 12.8. The lowest BCUT2D eigenvalue weighted by atomic mass is 9.90. The lowest BCUT2D eigenvalue weighted by Gasteiger charge is -2.32. The van der Waals surface area contributed by atoms with Gasteiger partial charge in [-0.1, -0.05) is 33.6 Å². The number of hydrogen-bond acceptors (Lipinski definition) is 1. The van der Waals surface area contributed by atoms with Crippen molar-refractivity contribution in [2.75, 3.05) is 6.54 Å². The summed E-state index contributed by atoms with van der Waals surface area (Å²) >= 11 is 0. The van der Waals surface area contributed by atoms with Crippen LogP contribution < -0.4 is 5.32 Å². The summed E-state index contributed by atoms with van der Waals surface area (Å²) in [4.78, 5) is 0. The Hall–Kier alpha value is -0.180. The third-order valence-electron chi connectivity index (χ3n) is 2.55. The van der Waals surface area contributed by atoms with E-state index in [4.69, 9.17) is 0 Å². The van der Waals surface area contributed by atoms with Crippen LogP contribution >= 0.6 is 0 Å². The van der Waals surface area contributed by atoms with Crippen molar-refractivity contribution in [1.29, 1.82) is 0 Å². The standard InChI is InChI=1S/C10H21F2N/c1-4-7-8-10(5-2,9(11)12)13-6-3/h9,13H,4-8H2,1-3H3. The molecule has 80 valence electrons. The maximum atomic E-state index is 12.8. The second-order valence-electron chi connectivity index (χ2n) is 3.44. The molecule has 0 rings (SSSR count). The minimum absolute atomic E-state index is 0.499. The first-order chi connectivity index (χ1) is 6.13. The van der Waals surface area contributed by atoms with Crippen LogP contribution in [0.25, 0.3) is 0 Å². The van der Waals surface area contributed by atoms with E-state index in [9.17, 15) is 8.78 Å². The molecule has 13 heavy (non-hydrogen) atoms. The molecule has 1 nitrogen and oxygen atoms in total. The van der Waals surface area contributed by atoms with Gasteiger partial charge in [-0.2, -0.15) is 0 Å². The molecule has 0 heterocycles. The first-order valence-electron chi connectivity index (χ1n) is 5.16. The van der Waals surface area contributed by atoms with E-state index < -0.39 is 12.0 Å². The molecule has 0 aliphatic carbocycles. The molecule has 1 unspecified atom stereocenters. The molecule has 0 aliphatic heterocycles. The highest BCUT2D eigenvalue weighted by molar-refractivity contribution is 4.88. The topological polar surface area (TPSA) is 12.0 Å². The van der Waals surface area contributed by atoms with E-state index in [1.165, 1.54) is 0 Å². The molecule has 0 amide bonds. The summed E-state index contributed by atoms with van der Waals surface area (Å²) in [7, 11) is 0. The van der Waals surface area contributed by atoms with Crippen molar-refractivity contribution in [2.45, 2.75) is 58.4 Å². The van der Waals surface area contributed by atoms with Gasteiger partial charge in [-0.05, 0) is 19.4 Å². The third-order valence-corrected chi connectivity index (χ3v) is 2.55. The monoisotopic (exact) mass is 193 g/mol. The van der Waals surface area contributed by atoms with Crippen LogP contribution in [0, 0.1) is 0 Å². The number of alkyl halides is 2. The summed E-state index contributed by atoms with van der Waals surface area (Å²) in [5.74, 6) is 0. The quantitative estimate of drug-likeness (QED) is 0.654. The minimum atomic E-state index is -2.26. The van der Waals surface area contributed by atoms with E-state index in [0.717, 1.165) is 12.8 Å². The Labute approximate surface area is 79.9 Å². The number of unbranched alkanes of at least 4 members (excludes halogenated alkanes) is 1. The Kier molecular flexibility index (Phi) is 6.21. The molecule has 1 N–H and O–H groups in total. The molecule has 0 spiro atoms. The average molecular weight is 193 g/mol. The van der Waals surface area contributed by atoms with Gasteiger partial charge in [-0.25, -0.2) is 8.78 Å². The zero-order chi connectivity index (χ0) is 10.3. The largest absolute Gasteiger partial charge is 0.307 e. The van der Waals surface area contributed by atoms with E-state index >= 15 is 0 Å². The molecule has 0 saturated heterocycles. The van der Waals surface area contributed by atoms with Crippen LogP contribution in [0.2, 0.25) is 0 Å². The van der Waals surface area contributed by atoms with Gasteiger partial charge in [0.2, 0.25) is 0 Å². The van der Waals surface area contributed by atoms with Crippen molar-refractivity contribution in [3.8, 4) is 0 Å². The summed E-state index contributed by atoms with van der Waals surface area (Å²) in [6, 6.07) is 0. The summed E-state index contributed by atoms with van der Waals surface area (Å²) in [6.07, 6.45) is 0.652. The lowest BCUT2D eigenvalue weighted by Crippen LogP contribution is -2.50. The third kappa shape index (κ3) is 3.59. The van der Waals surface area contributed by atoms with Crippen LogP contribution in [0.3, 0.4) is 0 Å². The molecule has 1 atom stereocenters. The zero-order valence-electron chi connectivity index (χ0n) is 8.87. The normalized spacial score (nSPS) is 16.2. The molecule has 0 aromatic heterocycles. The molecule has 0 aromatic rings. The number of nitrogens with one attached hydrogen (secondary N) is 1. The van der Waals surface area contributed by atoms with Crippen molar-refractivity contribution in [3.63, 3.8) is 0 Å². The van der Waals surface area contributed by atoms with Crippen molar-refractivity contribution < 1.29 is 8.78 Å². The average Bonchev–Trinajstić information content (AvgIpc) is 2.12. The summed E-state index contributed by atoms with van der Waals surface area (Å²) in [5.41, 5.74) is -0.940. The highest BCUT2D eigenvalue weighted by Crippen LogP contribution is 2.26. The maximum Gasteiger partial charge on any atom is 0.256 e. The van der Waals surface area contributed by atoms with Crippen LogP contribution in [0.15, 0.2) is 0 Å². The Morgan fingerprint density at radius 2 is 1.85 bits per heavy atom. The Balaban J connectivity index is 4.26. The van der Waals surface area contributed by atoms with Gasteiger partial charge in [-0.15, -0.1) is 0 Å². The molecule has 0 bridgehead atoms. The molecule has 0 saturated carbocycles. The van der Waals surface area contributed by atoms with Gasteiger partial charge in [0.25, 0.3) is 6.43 Å². The van der Waals surface area contributed by atoms with E-state index in [1.54, 1.807) is 0 Å². The van der Waals surface area contributed by atoms with E-state index in [1.807, 2.05) is 20.8 Å². The number of hydrogen-bond donors (Lipinski definition) is 1. The SMILES string of the molecule is CCCCC(CC)(NCC)C(F)F. The van der Waals surface area contributed by atoms with Gasteiger partial charge in [0.1, 0.15) is 0 Å². The predicted octanol–water partition coefficient (Wildman–Crippen LogP) is 3.20. The van der Waals surface area contributed by atoms with Crippen LogP contribution in [0.4, 0.5) is 8.78 Å². The van der Waals surface area contributed by atoms with Gasteiger partial charge in [0.05, 0.1) is 5.54 Å². The van der Waals surface area contributed by atoms with Gasteiger partial charge >= 0.3 is 0 Å². The number of rotatable bonds is 7. The van der Waals surface area contributed by atoms with Gasteiger partial charge in [0.15, 0.2) is 0 Å². The van der Waals surface area contributed by atoms with E-state index in [0.29, 0.717) is 19.4 Å². The first-order valence-corrected chi connectivity index (χ1v) is 5.16. The highest BCUT2D eigenvalue weighted by atomic mass is 19.3. The van der Waals surface area contributed by atoms with Crippen LogP contribution in [-0.2, 0) is 0 Å². The van der Waals surface area contributed by atoms with Gasteiger partial charge < -0.3 is 5.32 Å². The number of halogens is 2. The fourth-order valence-corrected chi connectivity index (χ4v) is 1.58. The van der Waals surface area contributed by atoms with Crippen LogP contribution in [-0.4, -0.2) is 18.5 Å². The summed E-state index contributed by atoms with van der Waals surface area (Å²) < 4.78 is 25.6. The minimum Gasteiger partial charge on any atom is -0.307 e. The molecular weight excluding hydrogens is 172 g/mol. The molecule has 0 aliphatic rings. The van der Waals surface area contributed by atoms with Crippen molar-refractivity contribution >= 4 is 0 Å². The molecular formula is C10H21F2N. The summed E-state index contributed by atoms with van der Waals surface area (Å²) in [5, 5.41) is 2.93. The van der Waals surface area contributed by atoms with Crippen LogP contribution in [0.5, 0.6) is 0 Å². The fraction of sp³-hybridized carbons (Fsp3) is 1.00. The fourth-order valence-electron chi connectivity index (χ4n) is 1.58. The zero-order valence-corrected chi connectivity index (χ0v) is 8.87.